The van der Waals surface area contributed by atoms with Crippen molar-refractivity contribution in [3.63, 3.8) is 0 Å². The number of aromatic amines is 1. The Hall–Kier alpha value is -2.41. The van der Waals surface area contributed by atoms with Crippen molar-refractivity contribution >= 4 is 6.03 Å². The van der Waals surface area contributed by atoms with E-state index in [1.165, 1.54) is 12.1 Å². The van der Waals surface area contributed by atoms with Gasteiger partial charge in [0.2, 0.25) is 0 Å². The molecule has 0 aliphatic heterocycles. The van der Waals surface area contributed by atoms with Gasteiger partial charge in [-0.2, -0.15) is 5.10 Å². The first-order valence-electron chi connectivity index (χ1n) is 8.89. The second kappa shape index (κ2) is 9.33. The molecule has 1 heterocycles. The highest BCUT2D eigenvalue weighted by Gasteiger charge is 2.14. The van der Waals surface area contributed by atoms with Crippen molar-refractivity contribution in [2.24, 2.45) is 0 Å². The van der Waals surface area contributed by atoms with Gasteiger partial charge in [-0.15, -0.1) is 0 Å². The number of nitrogens with zero attached hydrogens (tertiary/aromatic N) is 3. The van der Waals surface area contributed by atoms with E-state index in [0.717, 1.165) is 29.8 Å². The zero-order chi connectivity index (χ0) is 19.1. The molecule has 2 aromatic rings. The lowest BCUT2D eigenvalue weighted by Crippen LogP contribution is -2.39. The number of hydrogen-bond acceptors (Lipinski definition) is 3. The van der Waals surface area contributed by atoms with Gasteiger partial charge in [-0.3, -0.25) is 5.10 Å². The number of benzene rings is 1. The lowest BCUT2D eigenvalue weighted by atomic mass is 10.1. The Labute approximate surface area is 154 Å². The van der Waals surface area contributed by atoms with E-state index >= 15 is 0 Å². The predicted molar refractivity (Wildman–Crippen MR) is 101 cm³/mol. The van der Waals surface area contributed by atoms with Gasteiger partial charge in [0.15, 0.2) is 0 Å². The molecule has 7 heteroatoms. The maximum atomic E-state index is 13.1. The first kappa shape index (κ1) is 19.9. The van der Waals surface area contributed by atoms with E-state index in [9.17, 15) is 9.18 Å². The largest absolute Gasteiger partial charge is 0.338 e. The fraction of sp³-hybridized carbons (Fsp3) is 0.474. The molecule has 1 aromatic heterocycles. The van der Waals surface area contributed by atoms with Crippen LogP contribution in [0.4, 0.5) is 9.18 Å². The van der Waals surface area contributed by atoms with Crippen LogP contribution in [0, 0.1) is 5.82 Å². The van der Waals surface area contributed by atoms with Crippen LogP contribution < -0.4 is 5.32 Å². The molecule has 0 saturated carbocycles. The third-order valence-corrected chi connectivity index (χ3v) is 4.69. The zero-order valence-electron chi connectivity index (χ0n) is 15.9. The summed E-state index contributed by atoms with van der Waals surface area (Å²) in [4.78, 5) is 16.2. The van der Waals surface area contributed by atoms with Gasteiger partial charge in [-0.25, -0.2) is 9.18 Å². The van der Waals surface area contributed by atoms with Crippen LogP contribution in [-0.2, 0) is 6.54 Å². The van der Waals surface area contributed by atoms with Gasteiger partial charge in [0.25, 0.3) is 0 Å². The summed E-state index contributed by atoms with van der Waals surface area (Å²) in [6.07, 6.45) is 2.59. The molecule has 1 aromatic carbocycles. The molecule has 0 spiro atoms. The molecule has 0 aliphatic rings. The van der Waals surface area contributed by atoms with Gasteiger partial charge in [0, 0.05) is 30.8 Å². The monoisotopic (exact) mass is 361 g/mol. The molecule has 0 radical (unpaired) electrons. The average molecular weight is 361 g/mol. The molecule has 2 N–H and O–H groups in total. The maximum absolute atomic E-state index is 13.1. The van der Waals surface area contributed by atoms with Gasteiger partial charge in [0.05, 0.1) is 18.4 Å². The second-order valence-corrected chi connectivity index (χ2v) is 6.58. The van der Waals surface area contributed by atoms with E-state index in [1.807, 2.05) is 0 Å². The van der Waals surface area contributed by atoms with E-state index in [4.69, 9.17) is 0 Å². The molecule has 6 nitrogen and oxygen atoms in total. The van der Waals surface area contributed by atoms with Gasteiger partial charge in [-0.05, 0) is 51.2 Å². The van der Waals surface area contributed by atoms with Crippen LogP contribution in [0.1, 0.15) is 25.8 Å². The number of urea groups is 1. The number of carbonyl (C=O) groups is 1. The number of rotatable bonds is 8. The molecular weight excluding hydrogens is 333 g/mol. The molecule has 0 bridgehead atoms. The normalized spacial score (nSPS) is 12.2. The first-order chi connectivity index (χ1) is 12.4. The number of amides is 2. The van der Waals surface area contributed by atoms with Crippen molar-refractivity contribution < 1.29 is 9.18 Å². The fourth-order valence-electron chi connectivity index (χ4n) is 2.68. The number of nitrogens with one attached hydrogen (secondary N) is 2. The number of hydrogen-bond donors (Lipinski definition) is 2. The third-order valence-electron chi connectivity index (χ3n) is 4.69. The molecule has 26 heavy (non-hydrogen) atoms. The Morgan fingerprint density at radius 1 is 1.31 bits per heavy atom. The number of aromatic nitrogens is 2. The van der Waals surface area contributed by atoms with Crippen LogP contribution in [0.2, 0.25) is 0 Å². The Balaban J connectivity index is 1.90. The lowest BCUT2D eigenvalue weighted by molar-refractivity contribution is 0.203. The Morgan fingerprint density at radius 3 is 2.65 bits per heavy atom. The van der Waals surface area contributed by atoms with Crippen LogP contribution in [0.25, 0.3) is 11.3 Å². The molecule has 142 valence electrons. The number of carbonyl (C=O) groups excluding carboxylic acids is 1. The van der Waals surface area contributed by atoms with E-state index < -0.39 is 0 Å². The van der Waals surface area contributed by atoms with Crippen molar-refractivity contribution in [2.45, 2.75) is 32.9 Å². The zero-order valence-corrected chi connectivity index (χ0v) is 15.9. The second-order valence-electron chi connectivity index (χ2n) is 6.58. The summed E-state index contributed by atoms with van der Waals surface area (Å²) >= 11 is 0. The SMILES string of the molecule is CCN(C)[C@@H](C)CCNC(=O)N(C)Cc1cn[nH]c1-c1ccc(F)cc1. The van der Waals surface area contributed by atoms with Crippen molar-refractivity contribution in [3.8, 4) is 11.3 Å². The molecule has 1 atom stereocenters. The Bertz CT molecular complexity index is 700. The predicted octanol–water partition coefficient (Wildman–Crippen LogP) is 3.09. The highest BCUT2D eigenvalue weighted by atomic mass is 19.1. The van der Waals surface area contributed by atoms with Crippen LogP contribution in [0.5, 0.6) is 0 Å². The van der Waals surface area contributed by atoms with Crippen molar-refractivity contribution in [1.29, 1.82) is 0 Å². The van der Waals surface area contributed by atoms with E-state index in [-0.39, 0.29) is 11.8 Å². The smallest absolute Gasteiger partial charge is 0.317 e. The summed E-state index contributed by atoms with van der Waals surface area (Å²) in [5.41, 5.74) is 2.51. The third kappa shape index (κ3) is 5.29. The van der Waals surface area contributed by atoms with Gasteiger partial charge < -0.3 is 15.1 Å². The summed E-state index contributed by atoms with van der Waals surface area (Å²) in [6, 6.07) is 6.50. The molecule has 0 saturated heterocycles. The number of halogens is 1. The van der Waals surface area contributed by atoms with Crippen LogP contribution in [0.15, 0.2) is 30.5 Å². The standard InChI is InChI=1S/C19H28FN5O/c1-5-24(3)14(2)10-11-21-19(26)25(4)13-16-12-22-23-18(16)15-6-8-17(20)9-7-15/h6-9,12,14H,5,10-11,13H2,1-4H3,(H,21,26)(H,22,23)/t14-/m0/s1. The molecule has 0 aliphatic carbocycles. The lowest BCUT2D eigenvalue weighted by Gasteiger charge is -2.24. The van der Waals surface area contributed by atoms with Crippen LogP contribution in [-0.4, -0.2) is 59.3 Å². The Kier molecular flexibility index (Phi) is 7.15. The quantitative estimate of drug-likeness (QED) is 0.759. The minimum atomic E-state index is -0.283. The fourth-order valence-corrected chi connectivity index (χ4v) is 2.68. The summed E-state index contributed by atoms with van der Waals surface area (Å²) in [6.45, 7) is 6.30. The van der Waals surface area contributed by atoms with Gasteiger partial charge in [0.1, 0.15) is 5.82 Å². The highest BCUT2D eigenvalue weighted by Crippen LogP contribution is 2.22. The highest BCUT2D eigenvalue weighted by molar-refractivity contribution is 5.74. The molecule has 2 rings (SSSR count). The maximum Gasteiger partial charge on any atom is 0.317 e. The van der Waals surface area contributed by atoms with Crippen LogP contribution in [0.3, 0.4) is 0 Å². The average Bonchev–Trinajstić information content (AvgIpc) is 3.09. The van der Waals surface area contributed by atoms with Crippen LogP contribution >= 0.6 is 0 Å². The summed E-state index contributed by atoms with van der Waals surface area (Å²) < 4.78 is 13.1. The summed E-state index contributed by atoms with van der Waals surface area (Å²) in [7, 11) is 3.83. The van der Waals surface area contributed by atoms with Gasteiger partial charge in [-0.1, -0.05) is 6.92 Å². The minimum Gasteiger partial charge on any atom is -0.338 e. The van der Waals surface area contributed by atoms with E-state index in [1.54, 1.807) is 30.3 Å². The van der Waals surface area contributed by atoms with E-state index in [0.29, 0.717) is 19.1 Å². The summed E-state index contributed by atoms with van der Waals surface area (Å²) in [5, 5.41) is 9.94. The Morgan fingerprint density at radius 2 is 2.00 bits per heavy atom. The molecule has 2 amide bonds. The van der Waals surface area contributed by atoms with Crippen molar-refractivity contribution in [2.75, 3.05) is 27.2 Å². The molecule has 0 fully saturated rings. The first-order valence-corrected chi connectivity index (χ1v) is 8.89. The van der Waals surface area contributed by atoms with Crippen molar-refractivity contribution in [1.82, 2.24) is 25.3 Å². The molecule has 0 unspecified atom stereocenters. The minimum absolute atomic E-state index is 0.123. The summed E-state index contributed by atoms with van der Waals surface area (Å²) in [5.74, 6) is -0.283. The van der Waals surface area contributed by atoms with Gasteiger partial charge >= 0.3 is 6.03 Å². The van der Waals surface area contributed by atoms with Crippen molar-refractivity contribution in [3.05, 3.63) is 41.8 Å². The van der Waals surface area contributed by atoms with E-state index in [2.05, 4.69) is 41.3 Å². The topological polar surface area (TPSA) is 64.3 Å². The molecular formula is C19H28FN5O. The number of H-pyrrole nitrogens is 1.